The molecule has 51 valence electrons. The summed E-state index contributed by atoms with van der Waals surface area (Å²) in [5.41, 5.74) is 0. The summed E-state index contributed by atoms with van der Waals surface area (Å²) in [7, 11) is 0. The SMILES string of the molecule is [CH2-]C(=O)O.[CH3-].[CH3-].[CH3-].[Y]. The third-order valence-corrected chi connectivity index (χ3v) is 0. The molecule has 0 unspecified atom stereocenters. The van der Waals surface area contributed by atoms with E-state index in [2.05, 4.69) is 6.92 Å². The number of hydrogen-bond donors (Lipinski definition) is 1. The molecule has 0 heterocycles. The molecule has 0 saturated heterocycles. The molecule has 8 heavy (non-hydrogen) atoms. The van der Waals surface area contributed by atoms with E-state index < -0.39 is 5.97 Å². The fraction of sp³-hybridized carbons (Fsp3) is 0. The molecule has 0 bridgehead atoms. The molecule has 0 aliphatic carbocycles. The third kappa shape index (κ3) is 969. The van der Waals surface area contributed by atoms with Crippen LogP contribution in [0.1, 0.15) is 0 Å². The van der Waals surface area contributed by atoms with E-state index in [1.165, 1.54) is 0 Å². The maximum absolute atomic E-state index is 8.89. The van der Waals surface area contributed by atoms with Crippen molar-refractivity contribution < 1.29 is 42.6 Å². The molecule has 0 aliphatic rings. The second-order valence-corrected chi connectivity index (χ2v) is 0.394. The summed E-state index contributed by atoms with van der Waals surface area (Å²) >= 11 is 0. The average Bonchev–Trinajstić information content (AvgIpc) is 0.811. The number of carboxylic acid groups (broad SMARTS) is 1. The maximum Gasteiger partial charge on any atom is 0.161 e. The second kappa shape index (κ2) is 26.1. The molecule has 0 aliphatic heterocycles. The zero-order chi connectivity index (χ0) is 3.58. The van der Waals surface area contributed by atoms with Gasteiger partial charge in [0.25, 0.3) is 0 Å². The first-order chi connectivity index (χ1) is 1.73. The van der Waals surface area contributed by atoms with Gasteiger partial charge in [0.05, 0.1) is 0 Å². The van der Waals surface area contributed by atoms with E-state index >= 15 is 0 Å². The predicted octanol–water partition coefficient (Wildman–Crippen LogP) is 1.25. The van der Waals surface area contributed by atoms with Crippen LogP contribution in [0.5, 0.6) is 0 Å². The molecule has 0 aromatic carbocycles. The first-order valence-electron chi connectivity index (χ1n) is 0.781. The smallest absolute Gasteiger partial charge is 0.161 e. The molecule has 0 fully saturated rings. The van der Waals surface area contributed by atoms with Gasteiger partial charge in [0.2, 0.25) is 0 Å². The van der Waals surface area contributed by atoms with E-state index in [-0.39, 0.29) is 55.0 Å². The van der Waals surface area contributed by atoms with Crippen molar-refractivity contribution in [2.45, 2.75) is 0 Å². The van der Waals surface area contributed by atoms with Gasteiger partial charge in [-0.3, -0.25) is 11.7 Å². The van der Waals surface area contributed by atoms with Crippen LogP contribution in [-0.4, -0.2) is 11.1 Å². The van der Waals surface area contributed by atoms with Crippen LogP contribution in [0.2, 0.25) is 0 Å². The average molecular weight is 193 g/mol. The molecule has 3 heteroatoms. The van der Waals surface area contributed by atoms with Crippen LogP contribution in [0.15, 0.2) is 0 Å². The molecule has 2 nitrogen and oxygen atoms in total. The fourth-order valence-electron chi connectivity index (χ4n) is 0. The van der Waals surface area contributed by atoms with E-state index in [0.29, 0.717) is 0 Å². The van der Waals surface area contributed by atoms with Crippen molar-refractivity contribution in [2.24, 2.45) is 0 Å². The summed E-state index contributed by atoms with van der Waals surface area (Å²) in [6.45, 7) is 2.56. The molecule has 0 spiro atoms. The Labute approximate surface area is 77.6 Å². The predicted molar refractivity (Wildman–Crippen MR) is 32.2 cm³/mol. The van der Waals surface area contributed by atoms with Crippen molar-refractivity contribution in [1.29, 1.82) is 0 Å². The van der Waals surface area contributed by atoms with Crippen LogP contribution >= 0.6 is 0 Å². The Morgan fingerprint density at radius 3 is 1.25 bits per heavy atom. The molecule has 1 radical (unpaired) electrons. The van der Waals surface area contributed by atoms with Gasteiger partial charge in [-0.25, -0.2) is 0 Å². The normalized spacial score (nSPS) is 3.00. The van der Waals surface area contributed by atoms with Crippen molar-refractivity contribution in [3.8, 4) is 0 Å². The molecule has 0 saturated carbocycles. The van der Waals surface area contributed by atoms with Gasteiger partial charge >= 0.3 is 0 Å². The molecule has 0 amide bonds. The summed E-state index contributed by atoms with van der Waals surface area (Å²) < 4.78 is 0. The molecule has 0 rings (SSSR count). The Morgan fingerprint density at radius 1 is 1.25 bits per heavy atom. The molecular formula is C5H12O2Y-4. The Balaban J connectivity index is -0.00000000750. The minimum atomic E-state index is -1.08. The molecule has 1 N–H and O–H groups in total. The second-order valence-electron chi connectivity index (χ2n) is 0.394. The first kappa shape index (κ1) is 39.4. The number of hydrogen-bond acceptors (Lipinski definition) is 1. The van der Waals surface area contributed by atoms with Crippen LogP contribution in [0.4, 0.5) is 0 Å². The number of carboxylic acids is 1. The van der Waals surface area contributed by atoms with Crippen molar-refractivity contribution in [3.05, 3.63) is 29.2 Å². The van der Waals surface area contributed by atoms with Gasteiger partial charge in [0.1, 0.15) is 0 Å². The van der Waals surface area contributed by atoms with Crippen LogP contribution in [-0.2, 0) is 37.5 Å². The van der Waals surface area contributed by atoms with Gasteiger partial charge in [-0.2, -0.15) is 0 Å². The number of aliphatic carboxylic acids is 1. The van der Waals surface area contributed by atoms with Gasteiger partial charge in [-0.1, -0.05) is 0 Å². The number of carbonyl (C=O) groups is 1. The quantitative estimate of drug-likeness (QED) is 0.588. The van der Waals surface area contributed by atoms with E-state index in [1.54, 1.807) is 0 Å². The zero-order valence-corrected chi connectivity index (χ0v) is 8.48. The van der Waals surface area contributed by atoms with Gasteiger partial charge < -0.3 is 27.4 Å². The Bertz CT molecular complexity index is 33.4. The number of rotatable bonds is 0. The Hall–Kier alpha value is 0.444. The van der Waals surface area contributed by atoms with Crippen LogP contribution in [0, 0.1) is 29.2 Å². The topological polar surface area (TPSA) is 37.3 Å². The standard InChI is InChI=1S/C2H3O2.3CH3.Y/c1-2(3)4;;;;/h1H2,(H,3,4);3*1H3;/q4*-1;. The van der Waals surface area contributed by atoms with Crippen molar-refractivity contribution in [3.63, 3.8) is 0 Å². The Kier molecular flexibility index (Phi) is 129. The summed E-state index contributed by atoms with van der Waals surface area (Å²) in [5.74, 6) is -1.08. The van der Waals surface area contributed by atoms with E-state index in [1.807, 2.05) is 0 Å². The van der Waals surface area contributed by atoms with Crippen LogP contribution < -0.4 is 0 Å². The van der Waals surface area contributed by atoms with E-state index in [0.717, 1.165) is 0 Å². The van der Waals surface area contributed by atoms with Crippen molar-refractivity contribution >= 4 is 5.97 Å². The van der Waals surface area contributed by atoms with E-state index in [4.69, 9.17) is 9.90 Å². The summed E-state index contributed by atoms with van der Waals surface area (Å²) in [6.07, 6.45) is 0. The third-order valence-electron chi connectivity index (χ3n) is 0. The van der Waals surface area contributed by atoms with Gasteiger partial charge in [0.15, 0.2) is 5.97 Å². The minimum Gasteiger partial charge on any atom is -0.503 e. The van der Waals surface area contributed by atoms with Gasteiger partial charge in [0, 0.05) is 32.7 Å². The maximum atomic E-state index is 8.89. The van der Waals surface area contributed by atoms with Crippen LogP contribution in [0.25, 0.3) is 0 Å². The summed E-state index contributed by atoms with van der Waals surface area (Å²) in [6, 6.07) is 0. The largest absolute Gasteiger partial charge is 0.503 e. The van der Waals surface area contributed by atoms with Crippen molar-refractivity contribution in [2.75, 3.05) is 0 Å². The monoisotopic (exact) mass is 193 g/mol. The van der Waals surface area contributed by atoms with Crippen LogP contribution in [0.3, 0.4) is 0 Å². The molecular weight excluding hydrogens is 181 g/mol. The first-order valence-corrected chi connectivity index (χ1v) is 0.781. The minimum absolute atomic E-state index is 0. The van der Waals surface area contributed by atoms with E-state index in [9.17, 15) is 0 Å². The summed E-state index contributed by atoms with van der Waals surface area (Å²) in [4.78, 5) is 8.89. The molecule has 0 aromatic heterocycles. The fourth-order valence-corrected chi connectivity index (χ4v) is 0. The van der Waals surface area contributed by atoms with Crippen molar-refractivity contribution in [1.82, 2.24) is 0 Å². The van der Waals surface area contributed by atoms with Gasteiger partial charge in [-0.15, -0.1) is 0 Å². The summed E-state index contributed by atoms with van der Waals surface area (Å²) in [5, 5.41) is 7.31. The molecule has 0 aromatic rings. The zero-order valence-electron chi connectivity index (χ0n) is 5.64. The van der Waals surface area contributed by atoms with Gasteiger partial charge in [-0.05, 0) is 0 Å². The Morgan fingerprint density at radius 2 is 1.25 bits per heavy atom. The molecule has 0 atom stereocenters.